The van der Waals surface area contributed by atoms with Crippen molar-refractivity contribution in [3.63, 3.8) is 0 Å². The van der Waals surface area contributed by atoms with Gasteiger partial charge in [0.1, 0.15) is 6.10 Å². The maximum absolute atomic E-state index is 13.2. The predicted octanol–water partition coefficient (Wildman–Crippen LogP) is 4.76. The monoisotopic (exact) mass is 423 g/mol. The number of hydrogen-bond acceptors (Lipinski definition) is 4. The number of hydrogen-bond donors (Lipinski definition) is 1. The highest BCUT2D eigenvalue weighted by molar-refractivity contribution is 7.81. The molecule has 0 radical (unpaired) electrons. The zero-order chi connectivity index (χ0) is 21.6. The third kappa shape index (κ3) is 4.96. The van der Waals surface area contributed by atoms with Crippen molar-refractivity contribution in [3.8, 4) is 0 Å². The Bertz CT molecular complexity index is 890. The Morgan fingerprint density at radius 1 is 0.767 bits per heavy atom. The van der Waals surface area contributed by atoms with Gasteiger partial charge in [0, 0.05) is 5.92 Å². The number of benzene rings is 3. The van der Waals surface area contributed by atoms with Crippen molar-refractivity contribution in [1.29, 1.82) is 0 Å². The number of carbonyl (C=O) groups is 1. The SMILES string of the molecule is CC(O)C(C)C(C)O[P+](OC(=O)c1ccccc1)(c1ccccc1)c1ccccc1. The topological polar surface area (TPSA) is 55.8 Å². The smallest absolute Gasteiger partial charge is 0.391 e. The Labute approximate surface area is 179 Å². The van der Waals surface area contributed by atoms with Crippen LogP contribution in [0.25, 0.3) is 0 Å². The highest BCUT2D eigenvalue weighted by Crippen LogP contribution is 2.60. The zero-order valence-electron chi connectivity index (χ0n) is 17.5. The molecule has 1 N–H and O–H groups in total. The van der Waals surface area contributed by atoms with E-state index in [0.29, 0.717) is 5.56 Å². The quantitative estimate of drug-likeness (QED) is 0.531. The van der Waals surface area contributed by atoms with E-state index in [1.165, 1.54) is 0 Å². The molecule has 0 aliphatic heterocycles. The van der Waals surface area contributed by atoms with Crippen LogP contribution >= 0.6 is 7.72 Å². The maximum Gasteiger partial charge on any atom is 0.391 e. The lowest BCUT2D eigenvalue weighted by molar-refractivity contribution is 0.0481. The van der Waals surface area contributed by atoms with Gasteiger partial charge in [0.15, 0.2) is 10.6 Å². The molecule has 3 atom stereocenters. The lowest BCUT2D eigenvalue weighted by atomic mass is 10.0. The maximum atomic E-state index is 13.2. The van der Waals surface area contributed by atoms with E-state index in [9.17, 15) is 9.90 Å². The summed E-state index contributed by atoms with van der Waals surface area (Å²) in [4.78, 5) is 13.2. The summed E-state index contributed by atoms with van der Waals surface area (Å²) in [6.45, 7) is 5.58. The van der Waals surface area contributed by atoms with Crippen molar-refractivity contribution in [2.24, 2.45) is 5.92 Å². The zero-order valence-corrected chi connectivity index (χ0v) is 18.4. The van der Waals surface area contributed by atoms with Crippen LogP contribution in [0.2, 0.25) is 0 Å². The Morgan fingerprint density at radius 2 is 1.20 bits per heavy atom. The molecule has 0 aromatic heterocycles. The summed E-state index contributed by atoms with van der Waals surface area (Å²) in [6, 6.07) is 28.1. The highest BCUT2D eigenvalue weighted by Gasteiger charge is 2.53. The largest absolute Gasteiger partial charge is 0.393 e. The van der Waals surface area contributed by atoms with E-state index in [1.807, 2.05) is 80.6 Å². The molecular weight excluding hydrogens is 395 g/mol. The second-order valence-corrected chi connectivity index (χ2v) is 9.91. The molecule has 3 rings (SSSR count). The average Bonchev–Trinajstić information content (AvgIpc) is 2.79. The third-order valence-corrected chi connectivity index (χ3v) is 8.24. The minimum atomic E-state index is -3.03. The first-order valence-corrected chi connectivity index (χ1v) is 11.7. The van der Waals surface area contributed by atoms with Crippen LogP contribution in [-0.4, -0.2) is 23.3 Å². The number of aliphatic hydroxyl groups excluding tert-OH is 1. The fraction of sp³-hybridized carbons (Fsp3) is 0.240. The molecule has 0 amide bonds. The van der Waals surface area contributed by atoms with Crippen molar-refractivity contribution in [2.45, 2.75) is 33.0 Å². The molecule has 0 saturated heterocycles. The molecule has 0 bridgehead atoms. The summed E-state index contributed by atoms with van der Waals surface area (Å²) in [5, 5.41) is 11.7. The third-order valence-electron chi connectivity index (χ3n) is 5.23. The highest BCUT2D eigenvalue weighted by atomic mass is 31.2. The minimum absolute atomic E-state index is 0.146. The van der Waals surface area contributed by atoms with Gasteiger partial charge in [-0.15, -0.1) is 0 Å². The van der Waals surface area contributed by atoms with Gasteiger partial charge >= 0.3 is 13.7 Å². The summed E-state index contributed by atoms with van der Waals surface area (Å²) in [6.07, 6.45) is -0.902. The average molecular weight is 423 g/mol. The van der Waals surface area contributed by atoms with Gasteiger partial charge in [0.05, 0.1) is 11.7 Å². The summed E-state index contributed by atoms with van der Waals surface area (Å²) in [7, 11) is -3.03. The number of carbonyl (C=O) groups excluding carboxylic acids is 1. The van der Waals surface area contributed by atoms with Gasteiger partial charge in [-0.25, -0.2) is 4.79 Å². The normalized spacial score (nSPS) is 14.5. The molecule has 0 fully saturated rings. The van der Waals surface area contributed by atoms with Crippen LogP contribution in [0.4, 0.5) is 0 Å². The second kappa shape index (κ2) is 9.99. The van der Waals surface area contributed by atoms with E-state index >= 15 is 0 Å². The number of rotatable bonds is 8. The van der Waals surface area contributed by atoms with Gasteiger partial charge in [-0.2, -0.15) is 4.52 Å². The standard InChI is InChI=1S/C25H28O4P/c1-19(20(2)26)21(3)28-30(23-15-9-5-10-16-23,24-17-11-6-12-18-24)29-25(27)22-13-7-4-8-14-22/h4-21,26H,1-3H3/q+1. The van der Waals surface area contributed by atoms with E-state index in [2.05, 4.69) is 0 Å². The molecule has 3 aromatic carbocycles. The fourth-order valence-electron chi connectivity index (χ4n) is 3.11. The first kappa shape index (κ1) is 22.2. The molecular formula is C25H28O4P+. The first-order chi connectivity index (χ1) is 14.4. The molecule has 0 heterocycles. The molecule has 30 heavy (non-hydrogen) atoms. The van der Waals surface area contributed by atoms with Crippen LogP contribution in [-0.2, 0) is 9.05 Å². The van der Waals surface area contributed by atoms with Crippen LogP contribution in [0.1, 0.15) is 31.1 Å². The van der Waals surface area contributed by atoms with Gasteiger partial charge in [0.25, 0.3) is 0 Å². The van der Waals surface area contributed by atoms with Gasteiger partial charge in [-0.1, -0.05) is 61.5 Å². The minimum Gasteiger partial charge on any atom is -0.393 e. The van der Waals surface area contributed by atoms with Crippen LogP contribution in [0, 0.1) is 5.92 Å². The van der Waals surface area contributed by atoms with Gasteiger partial charge < -0.3 is 5.11 Å². The molecule has 3 aromatic rings. The lowest BCUT2D eigenvalue weighted by Crippen LogP contribution is -2.35. The summed E-state index contributed by atoms with van der Waals surface area (Å²) < 4.78 is 12.9. The van der Waals surface area contributed by atoms with Crippen LogP contribution in [0.15, 0.2) is 91.0 Å². The van der Waals surface area contributed by atoms with Crippen molar-refractivity contribution in [1.82, 2.24) is 0 Å². The first-order valence-electron chi connectivity index (χ1n) is 10.1. The predicted molar refractivity (Wildman–Crippen MR) is 122 cm³/mol. The van der Waals surface area contributed by atoms with Crippen molar-refractivity contribution in [3.05, 3.63) is 96.6 Å². The van der Waals surface area contributed by atoms with Crippen molar-refractivity contribution in [2.75, 3.05) is 0 Å². The molecule has 5 heteroatoms. The van der Waals surface area contributed by atoms with Crippen LogP contribution < -0.4 is 10.6 Å². The summed E-state index contributed by atoms with van der Waals surface area (Å²) in [5.41, 5.74) is 0.466. The molecule has 0 aliphatic carbocycles. The van der Waals surface area contributed by atoms with E-state index in [0.717, 1.165) is 10.6 Å². The fourth-order valence-corrected chi connectivity index (χ4v) is 6.04. The van der Waals surface area contributed by atoms with Gasteiger partial charge in [0.2, 0.25) is 0 Å². The molecule has 156 valence electrons. The molecule has 0 spiro atoms. The van der Waals surface area contributed by atoms with Gasteiger partial charge in [-0.3, -0.25) is 4.52 Å². The van der Waals surface area contributed by atoms with E-state index in [1.54, 1.807) is 31.2 Å². The molecule has 0 saturated carbocycles. The van der Waals surface area contributed by atoms with Gasteiger partial charge in [-0.05, 0) is 50.2 Å². The Morgan fingerprint density at radius 3 is 1.63 bits per heavy atom. The van der Waals surface area contributed by atoms with E-state index < -0.39 is 19.8 Å². The summed E-state index contributed by atoms with van der Waals surface area (Å²) in [5.74, 6) is -0.583. The van der Waals surface area contributed by atoms with E-state index in [4.69, 9.17) is 9.05 Å². The molecule has 0 aliphatic rings. The second-order valence-electron chi connectivity index (χ2n) is 7.38. The van der Waals surface area contributed by atoms with Crippen LogP contribution in [0.5, 0.6) is 0 Å². The Hall–Kier alpha value is -2.52. The molecule has 4 nitrogen and oxygen atoms in total. The lowest BCUT2D eigenvalue weighted by Gasteiger charge is -2.29. The molecule has 3 unspecified atom stereocenters. The van der Waals surface area contributed by atoms with E-state index in [-0.39, 0.29) is 12.0 Å². The number of aliphatic hydroxyl groups is 1. The summed E-state index contributed by atoms with van der Waals surface area (Å²) >= 11 is 0. The Balaban J connectivity index is 2.12. The van der Waals surface area contributed by atoms with Crippen molar-refractivity contribution < 1.29 is 18.9 Å². The van der Waals surface area contributed by atoms with Crippen LogP contribution in [0.3, 0.4) is 0 Å². The Kier molecular flexibility index (Phi) is 7.38. The van der Waals surface area contributed by atoms with Crippen molar-refractivity contribution >= 4 is 24.3 Å².